The largest absolute Gasteiger partial charge is 0.309 e. The van der Waals surface area contributed by atoms with Gasteiger partial charge in [-0.3, -0.25) is 0 Å². The molecule has 0 amide bonds. The number of para-hydroxylation sites is 2. The zero-order chi connectivity index (χ0) is 46.3. The Morgan fingerprint density at radius 2 is 0.739 bits per heavy atom. The van der Waals surface area contributed by atoms with Crippen LogP contribution in [0.1, 0.15) is 16.8 Å². The number of hydrogen-bond acceptors (Lipinski definition) is 0. The molecule has 0 aliphatic rings. The van der Waals surface area contributed by atoms with Crippen molar-refractivity contribution in [3.63, 3.8) is 0 Å². The van der Waals surface area contributed by atoms with Crippen molar-refractivity contribution in [2.75, 3.05) is 0 Å². The van der Waals surface area contributed by atoms with Gasteiger partial charge in [-0.05, 0) is 129 Å². The molecular formula is C67H48N2. The summed E-state index contributed by atoms with van der Waals surface area (Å²) < 4.78 is 4.90. The van der Waals surface area contributed by atoms with Crippen LogP contribution in [-0.4, -0.2) is 9.13 Å². The van der Waals surface area contributed by atoms with Crippen molar-refractivity contribution >= 4 is 44.4 Å². The van der Waals surface area contributed by atoms with Gasteiger partial charge >= 0.3 is 0 Å². The van der Waals surface area contributed by atoms with Crippen molar-refractivity contribution in [1.29, 1.82) is 0 Å². The maximum Gasteiger partial charge on any atom is 0.0541 e. The minimum atomic E-state index is 0.966. The van der Waals surface area contributed by atoms with Gasteiger partial charge in [-0.1, -0.05) is 207 Å². The molecule has 0 saturated carbocycles. The third kappa shape index (κ3) is 7.59. The van der Waals surface area contributed by atoms with Crippen molar-refractivity contribution in [2.45, 2.75) is 6.92 Å². The van der Waals surface area contributed by atoms with E-state index < -0.39 is 0 Å². The van der Waals surface area contributed by atoms with Gasteiger partial charge in [0.2, 0.25) is 0 Å². The normalized spacial score (nSPS) is 11.6. The van der Waals surface area contributed by atoms with Crippen LogP contribution >= 0.6 is 0 Å². The fraction of sp³-hybridized carbons (Fsp3) is 0.0149. The second-order valence-corrected chi connectivity index (χ2v) is 17.8. The van der Waals surface area contributed by atoms with Crippen LogP contribution in [-0.2, 0) is 0 Å². The molecule has 326 valence electrons. The van der Waals surface area contributed by atoms with Gasteiger partial charge in [0, 0.05) is 33.0 Å². The lowest BCUT2D eigenvalue weighted by molar-refractivity contribution is 1.10. The predicted molar refractivity (Wildman–Crippen MR) is 294 cm³/mol. The van der Waals surface area contributed by atoms with E-state index in [1.807, 2.05) is 6.07 Å². The maximum atomic E-state index is 4.48. The molecule has 2 aromatic heterocycles. The molecule has 0 fully saturated rings. The summed E-state index contributed by atoms with van der Waals surface area (Å²) in [6.45, 7) is 6.73. The summed E-state index contributed by atoms with van der Waals surface area (Å²) in [7, 11) is 0. The maximum absolute atomic E-state index is 4.48. The molecule has 2 heteroatoms. The molecule has 0 N–H and O–H groups in total. The zero-order valence-corrected chi connectivity index (χ0v) is 38.4. The van der Waals surface area contributed by atoms with E-state index in [9.17, 15) is 0 Å². The number of rotatable bonds is 10. The van der Waals surface area contributed by atoms with E-state index >= 15 is 0 Å². The summed E-state index contributed by atoms with van der Waals surface area (Å²) >= 11 is 0. The highest BCUT2D eigenvalue weighted by molar-refractivity contribution is 6.12. The molecule has 0 atom stereocenters. The van der Waals surface area contributed by atoms with Crippen molar-refractivity contribution in [2.24, 2.45) is 0 Å². The summed E-state index contributed by atoms with van der Waals surface area (Å²) in [5.41, 5.74) is 22.0. The summed E-state index contributed by atoms with van der Waals surface area (Å²) in [5.74, 6) is 0. The number of fused-ring (bicyclic) bond motifs is 4. The van der Waals surface area contributed by atoms with Gasteiger partial charge in [0.05, 0.1) is 27.9 Å². The van der Waals surface area contributed by atoms with E-state index in [2.05, 4.69) is 277 Å². The summed E-state index contributed by atoms with van der Waals surface area (Å²) in [6, 6.07) is 90.0. The smallest absolute Gasteiger partial charge is 0.0541 e. The SMILES string of the molecule is C=C(/C=C\c1c(C)c2cc(-c3ccccc3)ccc2n1-c1ccccc1-c1cccc(-c2ccccc2-n2c3ccc(-c4ccccc4)cc3c3cc(-c4ccccc4)ccc32)c1)c1ccccc1. The first-order chi connectivity index (χ1) is 34.1. The number of hydrogen-bond donors (Lipinski definition) is 0. The Morgan fingerprint density at radius 3 is 1.23 bits per heavy atom. The Kier molecular flexibility index (Phi) is 10.6. The Bertz CT molecular complexity index is 3790. The molecule has 2 nitrogen and oxygen atoms in total. The fourth-order valence-electron chi connectivity index (χ4n) is 10.2. The van der Waals surface area contributed by atoms with Crippen LogP contribution in [0.5, 0.6) is 0 Å². The molecule has 12 rings (SSSR count). The average molecular weight is 881 g/mol. The predicted octanol–water partition coefficient (Wildman–Crippen LogP) is 18.1. The van der Waals surface area contributed by atoms with Crippen LogP contribution < -0.4 is 0 Å². The van der Waals surface area contributed by atoms with E-state index in [0.717, 1.165) is 56.0 Å². The third-order valence-corrected chi connectivity index (χ3v) is 13.7. The lowest BCUT2D eigenvalue weighted by Crippen LogP contribution is -2.00. The Balaban J connectivity index is 1.01. The molecule has 12 aromatic rings. The number of nitrogens with zero attached hydrogens (tertiary/aromatic N) is 2. The van der Waals surface area contributed by atoms with Crippen LogP contribution in [0.4, 0.5) is 0 Å². The Hall–Kier alpha value is -8.98. The number of aryl methyl sites for hydroxylation is 1. The highest BCUT2D eigenvalue weighted by atomic mass is 15.0. The average Bonchev–Trinajstić information content (AvgIpc) is 3.90. The van der Waals surface area contributed by atoms with Crippen molar-refractivity contribution in [3.05, 3.63) is 278 Å². The zero-order valence-electron chi connectivity index (χ0n) is 38.4. The van der Waals surface area contributed by atoms with Gasteiger partial charge in [-0.2, -0.15) is 0 Å². The van der Waals surface area contributed by atoms with E-state index in [-0.39, 0.29) is 0 Å². The number of aromatic nitrogens is 2. The molecule has 0 aliphatic carbocycles. The van der Waals surface area contributed by atoms with Crippen LogP contribution in [0.15, 0.2) is 261 Å². The fourth-order valence-corrected chi connectivity index (χ4v) is 10.2. The highest BCUT2D eigenvalue weighted by Crippen LogP contribution is 2.42. The topological polar surface area (TPSA) is 9.86 Å². The second-order valence-electron chi connectivity index (χ2n) is 17.8. The molecule has 0 unspecified atom stereocenters. The Labute approximate surface area is 403 Å². The lowest BCUT2D eigenvalue weighted by Gasteiger charge is -2.17. The van der Waals surface area contributed by atoms with Crippen LogP contribution in [0.2, 0.25) is 0 Å². The number of benzene rings is 10. The standard InChI is InChI=1S/C67H48N2/c1-46(48-20-7-3-8-21-48)34-38-62-47(2)59-43-52(49-22-9-4-10-23-49)35-39-65(59)68(62)63-32-17-15-30-57(63)55-28-19-29-56(42-55)58-31-16-18-33-64(58)69-66-40-36-53(50-24-11-5-12-25-50)44-60(66)61-45-54(37-41-67(61)69)51-26-13-6-14-27-51/h3-45H,1H2,2H3/b38-34-. The van der Waals surface area contributed by atoms with Gasteiger partial charge in [0.15, 0.2) is 0 Å². The van der Waals surface area contributed by atoms with Crippen molar-refractivity contribution < 1.29 is 0 Å². The first-order valence-corrected chi connectivity index (χ1v) is 23.7. The minimum absolute atomic E-state index is 0.966. The van der Waals surface area contributed by atoms with Crippen molar-refractivity contribution in [3.8, 4) is 67.0 Å². The molecule has 0 aliphatic heterocycles. The molecule has 69 heavy (non-hydrogen) atoms. The van der Waals surface area contributed by atoms with Crippen LogP contribution in [0.3, 0.4) is 0 Å². The first kappa shape index (κ1) is 41.5. The van der Waals surface area contributed by atoms with Gasteiger partial charge in [-0.15, -0.1) is 0 Å². The Morgan fingerprint density at radius 1 is 0.348 bits per heavy atom. The van der Waals surface area contributed by atoms with E-state index in [0.29, 0.717) is 0 Å². The highest BCUT2D eigenvalue weighted by Gasteiger charge is 2.21. The summed E-state index contributed by atoms with van der Waals surface area (Å²) in [4.78, 5) is 0. The molecular weight excluding hydrogens is 833 g/mol. The van der Waals surface area contributed by atoms with Crippen molar-refractivity contribution in [1.82, 2.24) is 9.13 Å². The minimum Gasteiger partial charge on any atom is -0.309 e. The van der Waals surface area contributed by atoms with E-state index in [1.54, 1.807) is 0 Å². The quantitative estimate of drug-likeness (QED) is 0.121. The van der Waals surface area contributed by atoms with Gasteiger partial charge in [-0.25, -0.2) is 0 Å². The van der Waals surface area contributed by atoms with Gasteiger partial charge in [0.1, 0.15) is 0 Å². The second kappa shape index (κ2) is 17.7. The molecule has 0 radical (unpaired) electrons. The first-order valence-electron chi connectivity index (χ1n) is 23.7. The molecule has 0 bridgehead atoms. The van der Waals surface area contributed by atoms with E-state index in [4.69, 9.17) is 0 Å². The van der Waals surface area contributed by atoms with Crippen LogP contribution in [0, 0.1) is 6.92 Å². The van der Waals surface area contributed by atoms with Gasteiger partial charge < -0.3 is 9.13 Å². The summed E-state index contributed by atoms with van der Waals surface area (Å²) in [5, 5.41) is 3.67. The molecule has 2 heterocycles. The molecule has 0 spiro atoms. The molecule has 0 saturated heterocycles. The number of allylic oxidation sites excluding steroid dienone is 2. The van der Waals surface area contributed by atoms with Crippen LogP contribution in [0.25, 0.3) is 111 Å². The van der Waals surface area contributed by atoms with Gasteiger partial charge in [0.25, 0.3) is 0 Å². The molecule has 10 aromatic carbocycles. The van der Waals surface area contributed by atoms with E-state index in [1.165, 1.54) is 66.1 Å². The summed E-state index contributed by atoms with van der Waals surface area (Å²) in [6.07, 6.45) is 4.40. The lowest BCUT2D eigenvalue weighted by atomic mass is 9.96. The third-order valence-electron chi connectivity index (χ3n) is 13.7. The monoisotopic (exact) mass is 880 g/mol.